The SMILES string of the molecule is Cc1ccc(NC2COCc3ccccc32)cn1. The van der Waals surface area contributed by atoms with E-state index in [0.29, 0.717) is 13.2 Å². The Morgan fingerprint density at radius 2 is 2.11 bits per heavy atom. The number of hydrogen-bond donors (Lipinski definition) is 1. The number of ether oxygens (including phenoxy) is 1. The summed E-state index contributed by atoms with van der Waals surface area (Å²) in [4.78, 5) is 4.30. The molecule has 1 aromatic carbocycles. The molecule has 0 spiro atoms. The molecule has 1 unspecified atom stereocenters. The van der Waals surface area contributed by atoms with Gasteiger partial charge in [-0.3, -0.25) is 4.98 Å². The second kappa shape index (κ2) is 4.78. The maximum Gasteiger partial charge on any atom is 0.0751 e. The van der Waals surface area contributed by atoms with Crippen molar-refractivity contribution in [2.24, 2.45) is 0 Å². The van der Waals surface area contributed by atoms with Crippen LogP contribution in [0, 0.1) is 6.92 Å². The summed E-state index contributed by atoms with van der Waals surface area (Å²) in [5, 5.41) is 3.48. The number of nitrogens with zero attached hydrogens (tertiary/aromatic N) is 1. The smallest absolute Gasteiger partial charge is 0.0751 e. The molecule has 0 amide bonds. The molecule has 0 saturated heterocycles. The Bertz CT molecular complexity index is 536. The predicted molar refractivity (Wildman–Crippen MR) is 71.4 cm³/mol. The lowest BCUT2D eigenvalue weighted by atomic mass is 9.99. The van der Waals surface area contributed by atoms with E-state index in [2.05, 4.69) is 40.6 Å². The molecular formula is C15H16N2O. The Balaban J connectivity index is 1.84. The number of benzene rings is 1. The summed E-state index contributed by atoms with van der Waals surface area (Å²) in [6, 6.07) is 12.7. The third kappa shape index (κ3) is 2.22. The van der Waals surface area contributed by atoms with Crippen molar-refractivity contribution in [2.45, 2.75) is 19.6 Å². The minimum atomic E-state index is 0.208. The molecule has 0 aliphatic carbocycles. The second-order valence-corrected chi connectivity index (χ2v) is 4.60. The van der Waals surface area contributed by atoms with Gasteiger partial charge in [0.15, 0.2) is 0 Å². The molecule has 92 valence electrons. The van der Waals surface area contributed by atoms with Crippen LogP contribution in [0.25, 0.3) is 0 Å². The number of anilines is 1. The van der Waals surface area contributed by atoms with Gasteiger partial charge >= 0.3 is 0 Å². The van der Waals surface area contributed by atoms with Gasteiger partial charge in [0.05, 0.1) is 31.1 Å². The van der Waals surface area contributed by atoms with Crippen LogP contribution in [0.3, 0.4) is 0 Å². The monoisotopic (exact) mass is 240 g/mol. The number of rotatable bonds is 2. The van der Waals surface area contributed by atoms with Gasteiger partial charge in [-0.25, -0.2) is 0 Å². The van der Waals surface area contributed by atoms with Gasteiger partial charge in [-0.1, -0.05) is 24.3 Å². The molecule has 1 aliphatic heterocycles. The van der Waals surface area contributed by atoms with E-state index in [9.17, 15) is 0 Å². The summed E-state index contributed by atoms with van der Waals surface area (Å²) in [6.45, 7) is 3.40. The summed E-state index contributed by atoms with van der Waals surface area (Å²) in [7, 11) is 0. The molecule has 2 heterocycles. The van der Waals surface area contributed by atoms with E-state index in [-0.39, 0.29) is 6.04 Å². The highest BCUT2D eigenvalue weighted by atomic mass is 16.5. The average Bonchev–Trinajstić information content (AvgIpc) is 2.42. The van der Waals surface area contributed by atoms with Crippen molar-refractivity contribution >= 4 is 5.69 Å². The van der Waals surface area contributed by atoms with E-state index in [0.717, 1.165) is 11.4 Å². The van der Waals surface area contributed by atoms with Gasteiger partial charge in [0.1, 0.15) is 0 Å². The first-order chi connectivity index (χ1) is 8.83. The van der Waals surface area contributed by atoms with Crippen molar-refractivity contribution in [1.29, 1.82) is 0 Å². The van der Waals surface area contributed by atoms with Crippen LogP contribution in [-0.4, -0.2) is 11.6 Å². The third-order valence-electron chi connectivity index (χ3n) is 3.22. The van der Waals surface area contributed by atoms with Gasteiger partial charge in [-0.2, -0.15) is 0 Å². The Morgan fingerprint density at radius 3 is 2.94 bits per heavy atom. The van der Waals surface area contributed by atoms with E-state index in [1.54, 1.807) is 0 Å². The fourth-order valence-electron chi connectivity index (χ4n) is 2.26. The minimum absolute atomic E-state index is 0.208. The topological polar surface area (TPSA) is 34.1 Å². The molecule has 3 heteroatoms. The molecule has 0 fully saturated rings. The van der Waals surface area contributed by atoms with Gasteiger partial charge in [0, 0.05) is 5.69 Å². The van der Waals surface area contributed by atoms with Gasteiger partial charge in [-0.15, -0.1) is 0 Å². The second-order valence-electron chi connectivity index (χ2n) is 4.60. The van der Waals surface area contributed by atoms with Crippen LogP contribution in [0.15, 0.2) is 42.6 Å². The Labute approximate surface area is 107 Å². The van der Waals surface area contributed by atoms with Crippen LogP contribution in [0.4, 0.5) is 5.69 Å². The zero-order valence-electron chi connectivity index (χ0n) is 10.4. The molecule has 0 radical (unpaired) electrons. The average molecular weight is 240 g/mol. The number of hydrogen-bond acceptors (Lipinski definition) is 3. The molecule has 1 N–H and O–H groups in total. The lowest BCUT2D eigenvalue weighted by molar-refractivity contribution is 0.0970. The fraction of sp³-hybridized carbons (Fsp3) is 0.267. The number of fused-ring (bicyclic) bond motifs is 1. The number of aryl methyl sites for hydroxylation is 1. The molecule has 2 aromatic rings. The number of nitrogens with one attached hydrogen (secondary N) is 1. The normalized spacial score (nSPS) is 18.2. The third-order valence-corrected chi connectivity index (χ3v) is 3.22. The van der Waals surface area contributed by atoms with Crippen LogP contribution in [0.2, 0.25) is 0 Å². The number of pyridine rings is 1. The maximum atomic E-state index is 5.62. The minimum Gasteiger partial charge on any atom is -0.375 e. The van der Waals surface area contributed by atoms with Crippen LogP contribution in [0.5, 0.6) is 0 Å². The summed E-state index contributed by atoms with van der Waals surface area (Å²) in [5.74, 6) is 0. The van der Waals surface area contributed by atoms with Gasteiger partial charge in [0.2, 0.25) is 0 Å². The van der Waals surface area contributed by atoms with Crippen molar-refractivity contribution in [1.82, 2.24) is 4.98 Å². The highest BCUT2D eigenvalue weighted by Gasteiger charge is 2.19. The van der Waals surface area contributed by atoms with Gasteiger partial charge in [0.25, 0.3) is 0 Å². The molecule has 0 bridgehead atoms. The molecule has 3 nitrogen and oxygen atoms in total. The molecule has 1 atom stereocenters. The summed E-state index contributed by atoms with van der Waals surface area (Å²) in [6.07, 6.45) is 1.87. The molecule has 3 rings (SSSR count). The van der Waals surface area contributed by atoms with E-state index in [4.69, 9.17) is 4.74 Å². The van der Waals surface area contributed by atoms with Crippen molar-refractivity contribution in [3.63, 3.8) is 0 Å². The lowest BCUT2D eigenvalue weighted by Gasteiger charge is -2.27. The van der Waals surface area contributed by atoms with Gasteiger partial charge in [-0.05, 0) is 30.2 Å². The van der Waals surface area contributed by atoms with Crippen molar-refractivity contribution in [3.05, 3.63) is 59.4 Å². The molecular weight excluding hydrogens is 224 g/mol. The standard InChI is InChI=1S/C15H16N2O/c1-11-6-7-13(8-16-11)17-15-10-18-9-12-4-2-3-5-14(12)15/h2-8,15,17H,9-10H2,1H3. The zero-order valence-corrected chi connectivity index (χ0v) is 10.4. The number of aromatic nitrogens is 1. The van der Waals surface area contributed by atoms with Crippen LogP contribution in [0.1, 0.15) is 22.9 Å². The Morgan fingerprint density at radius 1 is 1.22 bits per heavy atom. The van der Waals surface area contributed by atoms with Crippen LogP contribution < -0.4 is 5.32 Å². The largest absolute Gasteiger partial charge is 0.375 e. The molecule has 1 aliphatic rings. The maximum absolute atomic E-state index is 5.62. The Kier molecular flexibility index (Phi) is 2.99. The quantitative estimate of drug-likeness (QED) is 0.876. The van der Waals surface area contributed by atoms with E-state index >= 15 is 0 Å². The van der Waals surface area contributed by atoms with Crippen molar-refractivity contribution < 1.29 is 4.74 Å². The highest BCUT2D eigenvalue weighted by molar-refractivity contribution is 5.45. The van der Waals surface area contributed by atoms with Gasteiger partial charge < -0.3 is 10.1 Å². The lowest BCUT2D eigenvalue weighted by Crippen LogP contribution is -2.23. The summed E-state index contributed by atoms with van der Waals surface area (Å²) < 4.78 is 5.62. The molecule has 0 saturated carbocycles. The first-order valence-electron chi connectivity index (χ1n) is 6.18. The molecule has 18 heavy (non-hydrogen) atoms. The van der Waals surface area contributed by atoms with E-state index in [1.807, 2.05) is 19.2 Å². The first-order valence-corrected chi connectivity index (χ1v) is 6.18. The summed E-state index contributed by atoms with van der Waals surface area (Å²) in [5.41, 5.74) is 4.65. The zero-order chi connectivity index (χ0) is 12.4. The van der Waals surface area contributed by atoms with Crippen LogP contribution in [-0.2, 0) is 11.3 Å². The van der Waals surface area contributed by atoms with E-state index in [1.165, 1.54) is 11.1 Å². The molecule has 1 aromatic heterocycles. The predicted octanol–water partition coefficient (Wildman–Crippen LogP) is 3.07. The Hall–Kier alpha value is -1.87. The van der Waals surface area contributed by atoms with Crippen LogP contribution >= 0.6 is 0 Å². The summed E-state index contributed by atoms with van der Waals surface area (Å²) >= 11 is 0. The highest BCUT2D eigenvalue weighted by Crippen LogP contribution is 2.27. The first kappa shape index (κ1) is 11.2. The fourth-order valence-corrected chi connectivity index (χ4v) is 2.26. The van der Waals surface area contributed by atoms with E-state index < -0.39 is 0 Å². The van der Waals surface area contributed by atoms with Crippen molar-refractivity contribution in [3.8, 4) is 0 Å². The van der Waals surface area contributed by atoms with Crippen molar-refractivity contribution in [2.75, 3.05) is 11.9 Å².